The Hall–Kier alpha value is -2.09. The van der Waals surface area contributed by atoms with Crippen LogP contribution in [0.4, 0.5) is 11.4 Å². The standard InChI is InChI=1S/C17H19NO/c1-3-14-5-9-16(10-6-14)18(13-19)17-11-7-15(4-2)8-12-17/h5-13H,3-4H2,1-2H3. The first-order chi connectivity index (χ1) is 9.28. The Morgan fingerprint density at radius 1 is 0.789 bits per heavy atom. The average Bonchev–Trinajstić information content (AvgIpc) is 2.49. The first-order valence-corrected chi connectivity index (χ1v) is 6.71. The van der Waals surface area contributed by atoms with E-state index in [9.17, 15) is 4.79 Å². The highest BCUT2D eigenvalue weighted by Crippen LogP contribution is 2.24. The van der Waals surface area contributed by atoms with E-state index in [1.807, 2.05) is 24.3 Å². The highest BCUT2D eigenvalue weighted by molar-refractivity contribution is 5.86. The first kappa shape index (κ1) is 13.3. The van der Waals surface area contributed by atoms with Crippen molar-refractivity contribution in [1.82, 2.24) is 0 Å². The van der Waals surface area contributed by atoms with E-state index >= 15 is 0 Å². The van der Waals surface area contributed by atoms with Crippen molar-refractivity contribution in [3.05, 3.63) is 59.7 Å². The fourth-order valence-electron chi connectivity index (χ4n) is 2.06. The number of carbonyl (C=O) groups is 1. The average molecular weight is 253 g/mol. The molecule has 0 fully saturated rings. The molecule has 2 aromatic carbocycles. The van der Waals surface area contributed by atoms with Gasteiger partial charge in [0, 0.05) is 11.4 Å². The van der Waals surface area contributed by atoms with Crippen molar-refractivity contribution in [2.45, 2.75) is 26.7 Å². The molecule has 0 aliphatic heterocycles. The van der Waals surface area contributed by atoms with Gasteiger partial charge in [0.1, 0.15) is 0 Å². The summed E-state index contributed by atoms with van der Waals surface area (Å²) in [6.45, 7) is 4.24. The quantitative estimate of drug-likeness (QED) is 0.734. The van der Waals surface area contributed by atoms with Crippen LogP contribution in [0.5, 0.6) is 0 Å². The molecule has 2 rings (SSSR count). The lowest BCUT2D eigenvalue weighted by atomic mass is 10.1. The number of benzene rings is 2. The smallest absolute Gasteiger partial charge is 0.218 e. The molecule has 2 aromatic rings. The Morgan fingerprint density at radius 3 is 1.42 bits per heavy atom. The van der Waals surface area contributed by atoms with Gasteiger partial charge in [0.05, 0.1) is 0 Å². The zero-order valence-corrected chi connectivity index (χ0v) is 11.5. The van der Waals surface area contributed by atoms with Crippen LogP contribution in [0.15, 0.2) is 48.5 Å². The summed E-state index contributed by atoms with van der Waals surface area (Å²) in [5.74, 6) is 0. The molecule has 0 aliphatic carbocycles. The summed E-state index contributed by atoms with van der Waals surface area (Å²) in [6.07, 6.45) is 2.88. The highest BCUT2D eigenvalue weighted by atomic mass is 16.1. The predicted molar refractivity (Wildman–Crippen MR) is 79.8 cm³/mol. The van der Waals surface area contributed by atoms with Crippen molar-refractivity contribution < 1.29 is 4.79 Å². The van der Waals surface area contributed by atoms with Gasteiger partial charge < -0.3 is 0 Å². The van der Waals surface area contributed by atoms with Crippen molar-refractivity contribution in [1.29, 1.82) is 0 Å². The Bertz CT molecular complexity index is 481. The van der Waals surface area contributed by atoms with Gasteiger partial charge in [-0.05, 0) is 48.2 Å². The number of hydrogen-bond donors (Lipinski definition) is 0. The lowest BCUT2D eigenvalue weighted by Gasteiger charge is -2.18. The number of aryl methyl sites for hydroxylation is 2. The molecule has 0 aromatic heterocycles. The number of rotatable bonds is 5. The van der Waals surface area contributed by atoms with Crippen LogP contribution in [0.3, 0.4) is 0 Å². The monoisotopic (exact) mass is 253 g/mol. The number of carbonyl (C=O) groups excluding carboxylic acids is 1. The second-order valence-electron chi connectivity index (χ2n) is 4.52. The summed E-state index contributed by atoms with van der Waals surface area (Å²) in [4.78, 5) is 13.0. The molecule has 0 heterocycles. The minimum Gasteiger partial charge on any atom is -0.284 e. The number of nitrogens with zero attached hydrogens (tertiary/aromatic N) is 1. The highest BCUT2D eigenvalue weighted by Gasteiger charge is 2.07. The third-order valence-electron chi connectivity index (χ3n) is 3.35. The van der Waals surface area contributed by atoms with Crippen molar-refractivity contribution >= 4 is 17.8 Å². The zero-order valence-electron chi connectivity index (χ0n) is 11.5. The number of anilines is 2. The van der Waals surface area contributed by atoms with Crippen molar-refractivity contribution in [2.75, 3.05) is 4.90 Å². The SMILES string of the molecule is CCc1ccc(N(C=O)c2ccc(CC)cc2)cc1. The Kier molecular flexibility index (Phi) is 4.35. The molecule has 0 atom stereocenters. The second-order valence-corrected chi connectivity index (χ2v) is 4.52. The molecular formula is C17H19NO. The van der Waals surface area contributed by atoms with Crippen LogP contribution in [-0.4, -0.2) is 6.41 Å². The Morgan fingerprint density at radius 2 is 1.16 bits per heavy atom. The third-order valence-corrected chi connectivity index (χ3v) is 3.35. The van der Waals surface area contributed by atoms with E-state index in [1.54, 1.807) is 4.90 Å². The van der Waals surface area contributed by atoms with Gasteiger partial charge in [-0.15, -0.1) is 0 Å². The lowest BCUT2D eigenvalue weighted by molar-refractivity contribution is -0.106. The molecule has 1 amide bonds. The Labute approximate surface area is 114 Å². The van der Waals surface area contributed by atoms with Crippen LogP contribution in [0.2, 0.25) is 0 Å². The van der Waals surface area contributed by atoms with E-state index in [4.69, 9.17) is 0 Å². The summed E-state index contributed by atoms with van der Waals surface area (Å²) in [6, 6.07) is 16.2. The van der Waals surface area contributed by atoms with Gasteiger partial charge in [-0.3, -0.25) is 9.69 Å². The molecule has 0 bridgehead atoms. The molecular weight excluding hydrogens is 234 g/mol. The molecule has 0 unspecified atom stereocenters. The number of hydrogen-bond acceptors (Lipinski definition) is 1. The van der Waals surface area contributed by atoms with Crippen LogP contribution >= 0.6 is 0 Å². The number of amides is 1. The lowest BCUT2D eigenvalue weighted by Crippen LogP contribution is -2.13. The van der Waals surface area contributed by atoms with E-state index in [0.29, 0.717) is 0 Å². The molecule has 98 valence electrons. The Balaban J connectivity index is 2.29. The van der Waals surface area contributed by atoms with Gasteiger partial charge >= 0.3 is 0 Å². The predicted octanol–water partition coefficient (Wildman–Crippen LogP) is 4.11. The fourth-order valence-corrected chi connectivity index (χ4v) is 2.06. The normalized spacial score (nSPS) is 10.2. The van der Waals surface area contributed by atoms with Gasteiger partial charge in [0.25, 0.3) is 0 Å². The van der Waals surface area contributed by atoms with Gasteiger partial charge in [0.2, 0.25) is 6.41 Å². The molecule has 0 radical (unpaired) electrons. The molecule has 2 heteroatoms. The molecule has 0 saturated carbocycles. The molecule has 19 heavy (non-hydrogen) atoms. The maximum absolute atomic E-state index is 11.3. The fraction of sp³-hybridized carbons (Fsp3) is 0.235. The maximum Gasteiger partial charge on any atom is 0.218 e. The summed E-state index contributed by atoms with van der Waals surface area (Å²) in [7, 11) is 0. The minimum atomic E-state index is 0.863. The first-order valence-electron chi connectivity index (χ1n) is 6.71. The van der Waals surface area contributed by atoms with Crippen LogP contribution in [0.25, 0.3) is 0 Å². The van der Waals surface area contributed by atoms with Crippen LogP contribution in [-0.2, 0) is 17.6 Å². The van der Waals surface area contributed by atoms with Gasteiger partial charge in [0.15, 0.2) is 0 Å². The molecule has 0 aliphatic rings. The summed E-state index contributed by atoms with van der Waals surface area (Å²) < 4.78 is 0. The molecule has 2 nitrogen and oxygen atoms in total. The largest absolute Gasteiger partial charge is 0.284 e. The van der Waals surface area contributed by atoms with Crippen molar-refractivity contribution in [3.8, 4) is 0 Å². The summed E-state index contributed by atoms with van der Waals surface area (Å²) >= 11 is 0. The van der Waals surface area contributed by atoms with Gasteiger partial charge in [-0.2, -0.15) is 0 Å². The van der Waals surface area contributed by atoms with Gasteiger partial charge in [-0.25, -0.2) is 0 Å². The van der Waals surface area contributed by atoms with E-state index in [0.717, 1.165) is 30.6 Å². The van der Waals surface area contributed by atoms with Crippen LogP contribution in [0.1, 0.15) is 25.0 Å². The third kappa shape index (κ3) is 3.02. The van der Waals surface area contributed by atoms with Crippen molar-refractivity contribution in [3.63, 3.8) is 0 Å². The van der Waals surface area contributed by atoms with Crippen LogP contribution in [0, 0.1) is 0 Å². The summed E-state index contributed by atoms with van der Waals surface area (Å²) in [5.41, 5.74) is 4.35. The molecule has 0 saturated heterocycles. The topological polar surface area (TPSA) is 20.3 Å². The van der Waals surface area contributed by atoms with E-state index in [-0.39, 0.29) is 0 Å². The van der Waals surface area contributed by atoms with Crippen molar-refractivity contribution in [2.24, 2.45) is 0 Å². The van der Waals surface area contributed by atoms with Gasteiger partial charge in [-0.1, -0.05) is 38.1 Å². The van der Waals surface area contributed by atoms with E-state index < -0.39 is 0 Å². The summed E-state index contributed by atoms with van der Waals surface area (Å²) in [5, 5.41) is 0. The van der Waals surface area contributed by atoms with Crippen LogP contribution < -0.4 is 4.90 Å². The van der Waals surface area contributed by atoms with E-state index in [1.165, 1.54) is 11.1 Å². The minimum absolute atomic E-state index is 0.863. The molecule has 0 spiro atoms. The second kappa shape index (κ2) is 6.19. The maximum atomic E-state index is 11.3. The molecule has 0 N–H and O–H groups in total. The van der Waals surface area contributed by atoms with E-state index in [2.05, 4.69) is 38.1 Å². The zero-order chi connectivity index (χ0) is 13.7.